The molecule has 6 heteroatoms. The Bertz CT molecular complexity index is 708. The van der Waals surface area contributed by atoms with Gasteiger partial charge in [-0.1, -0.05) is 0 Å². The molecule has 0 saturated heterocycles. The Morgan fingerprint density at radius 3 is 2.59 bits per heavy atom. The molecule has 118 valence electrons. The van der Waals surface area contributed by atoms with E-state index in [1.165, 1.54) is 4.90 Å². The van der Waals surface area contributed by atoms with Crippen molar-refractivity contribution < 1.29 is 14.3 Å². The van der Waals surface area contributed by atoms with Crippen LogP contribution in [-0.4, -0.2) is 30.8 Å². The van der Waals surface area contributed by atoms with Gasteiger partial charge in [-0.3, -0.25) is 4.90 Å². The SMILES string of the molecule is COc1cc2c(N)nccc2cc1N(C)C(=O)OC(C)(C)C. The van der Waals surface area contributed by atoms with Crippen molar-refractivity contribution >= 4 is 28.4 Å². The minimum absolute atomic E-state index is 0.419. The van der Waals surface area contributed by atoms with E-state index in [9.17, 15) is 4.79 Å². The number of nitrogens with two attached hydrogens (primary N) is 1. The van der Waals surface area contributed by atoms with Gasteiger partial charge in [0, 0.05) is 18.6 Å². The zero-order valence-electron chi connectivity index (χ0n) is 13.5. The number of hydrogen-bond donors (Lipinski definition) is 1. The van der Waals surface area contributed by atoms with E-state index >= 15 is 0 Å². The Morgan fingerprint density at radius 2 is 2.00 bits per heavy atom. The lowest BCUT2D eigenvalue weighted by Crippen LogP contribution is -2.34. The molecule has 0 unspecified atom stereocenters. The third-order valence-electron chi connectivity index (χ3n) is 3.12. The first-order chi connectivity index (χ1) is 10.2. The quantitative estimate of drug-likeness (QED) is 0.921. The monoisotopic (exact) mass is 303 g/mol. The molecule has 2 rings (SSSR count). The van der Waals surface area contributed by atoms with E-state index in [0.29, 0.717) is 17.3 Å². The number of fused-ring (bicyclic) bond motifs is 1. The Labute approximate surface area is 129 Å². The van der Waals surface area contributed by atoms with E-state index in [-0.39, 0.29) is 0 Å². The highest BCUT2D eigenvalue weighted by Crippen LogP contribution is 2.34. The summed E-state index contributed by atoms with van der Waals surface area (Å²) in [5, 5.41) is 1.65. The zero-order valence-corrected chi connectivity index (χ0v) is 13.5. The van der Waals surface area contributed by atoms with E-state index in [1.54, 1.807) is 26.4 Å². The van der Waals surface area contributed by atoms with Crippen molar-refractivity contribution in [2.75, 3.05) is 24.8 Å². The average molecular weight is 303 g/mol. The third kappa shape index (κ3) is 3.21. The summed E-state index contributed by atoms with van der Waals surface area (Å²) in [7, 11) is 3.18. The first-order valence-corrected chi connectivity index (χ1v) is 6.92. The molecule has 0 spiro atoms. The van der Waals surface area contributed by atoms with Crippen molar-refractivity contribution in [3.63, 3.8) is 0 Å². The number of nitrogens with zero attached hydrogens (tertiary/aromatic N) is 2. The van der Waals surface area contributed by atoms with Crippen LogP contribution in [0.25, 0.3) is 10.8 Å². The highest BCUT2D eigenvalue weighted by Gasteiger charge is 2.23. The molecule has 1 aromatic heterocycles. The Kier molecular flexibility index (Phi) is 4.12. The summed E-state index contributed by atoms with van der Waals surface area (Å²) in [5.41, 5.74) is 5.92. The summed E-state index contributed by atoms with van der Waals surface area (Å²) in [4.78, 5) is 17.7. The molecule has 22 heavy (non-hydrogen) atoms. The zero-order chi connectivity index (χ0) is 16.5. The molecule has 1 aromatic carbocycles. The van der Waals surface area contributed by atoms with Crippen LogP contribution in [0.2, 0.25) is 0 Å². The Hall–Kier alpha value is -2.50. The van der Waals surface area contributed by atoms with Gasteiger partial charge in [0.15, 0.2) is 0 Å². The van der Waals surface area contributed by atoms with E-state index in [1.807, 2.05) is 32.9 Å². The molecule has 0 aliphatic heterocycles. The molecular formula is C16H21N3O3. The minimum Gasteiger partial charge on any atom is -0.495 e. The summed E-state index contributed by atoms with van der Waals surface area (Å²) in [6.07, 6.45) is 1.17. The summed E-state index contributed by atoms with van der Waals surface area (Å²) < 4.78 is 10.8. The van der Waals surface area contributed by atoms with Crippen molar-refractivity contribution in [1.82, 2.24) is 4.98 Å². The molecular weight excluding hydrogens is 282 g/mol. The summed E-state index contributed by atoms with van der Waals surface area (Å²) >= 11 is 0. The number of benzene rings is 1. The van der Waals surface area contributed by atoms with Crippen molar-refractivity contribution in [2.45, 2.75) is 26.4 Å². The summed E-state index contributed by atoms with van der Waals surface area (Å²) in [6.45, 7) is 5.47. The number of methoxy groups -OCH3 is 1. The first kappa shape index (κ1) is 15.9. The number of hydrogen-bond acceptors (Lipinski definition) is 5. The van der Waals surface area contributed by atoms with E-state index in [4.69, 9.17) is 15.2 Å². The van der Waals surface area contributed by atoms with Crippen LogP contribution in [0.15, 0.2) is 24.4 Å². The fourth-order valence-corrected chi connectivity index (χ4v) is 2.07. The molecule has 0 fully saturated rings. The molecule has 1 heterocycles. The number of pyridine rings is 1. The summed E-state index contributed by atoms with van der Waals surface area (Å²) in [5.74, 6) is 0.947. The molecule has 0 bridgehead atoms. The lowest BCUT2D eigenvalue weighted by molar-refractivity contribution is 0.0588. The molecule has 0 radical (unpaired) electrons. The molecule has 0 atom stereocenters. The number of carbonyl (C=O) groups is 1. The molecule has 0 aliphatic rings. The van der Waals surface area contributed by atoms with Crippen molar-refractivity contribution in [1.29, 1.82) is 0 Å². The van der Waals surface area contributed by atoms with Crippen LogP contribution in [0.3, 0.4) is 0 Å². The van der Waals surface area contributed by atoms with Gasteiger partial charge in [0.1, 0.15) is 17.2 Å². The average Bonchev–Trinajstić information content (AvgIpc) is 2.44. The van der Waals surface area contributed by atoms with Gasteiger partial charge < -0.3 is 15.2 Å². The Balaban J connectivity index is 2.47. The second-order valence-corrected chi connectivity index (χ2v) is 5.98. The first-order valence-electron chi connectivity index (χ1n) is 6.92. The number of amides is 1. The highest BCUT2D eigenvalue weighted by atomic mass is 16.6. The maximum absolute atomic E-state index is 12.2. The van der Waals surface area contributed by atoms with E-state index in [0.717, 1.165) is 10.8 Å². The van der Waals surface area contributed by atoms with Crippen molar-refractivity contribution in [2.24, 2.45) is 0 Å². The number of carbonyl (C=O) groups excluding carboxylic acids is 1. The molecule has 2 N–H and O–H groups in total. The van der Waals surface area contributed by atoms with Crippen LogP contribution in [-0.2, 0) is 4.74 Å². The summed E-state index contributed by atoms with van der Waals surface area (Å²) in [6, 6.07) is 5.43. The third-order valence-corrected chi connectivity index (χ3v) is 3.12. The number of anilines is 2. The van der Waals surface area contributed by atoms with Crippen LogP contribution < -0.4 is 15.4 Å². The second-order valence-electron chi connectivity index (χ2n) is 5.98. The fourth-order valence-electron chi connectivity index (χ4n) is 2.07. The van der Waals surface area contributed by atoms with Gasteiger partial charge in [-0.25, -0.2) is 9.78 Å². The van der Waals surface area contributed by atoms with Gasteiger partial charge in [0.05, 0.1) is 12.8 Å². The van der Waals surface area contributed by atoms with Gasteiger partial charge in [-0.15, -0.1) is 0 Å². The molecule has 0 saturated carbocycles. The number of ether oxygens (including phenoxy) is 2. The number of aromatic nitrogens is 1. The molecule has 6 nitrogen and oxygen atoms in total. The minimum atomic E-state index is -0.566. The van der Waals surface area contributed by atoms with E-state index < -0.39 is 11.7 Å². The van der Waals surface area contributed by atoms with Crippen LogP contribution in [0.5, 0.6) is 5.75 Å². The topological polar surface area (TPSA) is 77.7 Å². The predicted octanol–water partition coefficient (Wildman–Crippen LogP) is 3.20. The van der Waals surface area contributed by atoms with Crippen molar-refractivity contribution in [3.8, 4) is 5.75 Å². The molecule has 0 aliphatic carbocycles. The number of rotatable bonds is 2. The van der Waals surface area contributed by atoms with Crippen LogP contribution in [0, 0.1) is 0 Å². The second kappa shape index (κ2) is 5.71. The van der Waals surface area contributed by atoms with Gasteiger partial charge in [0.2, 0.25) is 0 Å². The fraction of sp³-hybridized carbons (Fsp3) is 0.375. The normalized spacial score (nSPS) is 11.3. The van der Waals surface area contributed by atoms with Crippen molar-refractivity contribution in [3.05, 3.63) is 24.4 Å². The van der Waals surface area contributed by atoms with Crippen LogP contribution in [0.1, 0.15) is 20.8 Å². The van der Waals surface area contributed by atoms with Gasteiger partial charge in [0.25, 0.3) is 0 Å². The Morgan fingerprint density at radius 1 is 1.32 bits per heavy atom. The standard InChI is InChI=1S/C16H21N3O3/c1-16(2,3)22-15(20)19(4)12-8-10-6-7-18-14(17)11(10)9-13(12)21-5/h6-9H,1-5H3,(H2,17,18). The predicted molar refractivity (Wildman–Crippen MR) is 87.3 cm³/mol. The van der Waals surface area contributed by atoms with Gasteiger partial charge in [-0.2, -0.15) is 0 Å². The number of nitrogen functional groups attached to an aromatic ring is 1. The lowest BCUT2D eigenvalue weighted by Gasteiger charge is -2.26. The smallest absolute Gasteiger partial charge is 0.414 e. The van der Waals surface area contributed by atoms with Crippen LogP contribution in [0.4, 0.5) is 16.3 Å². The van der Waals surface area contributed by atoms with Crippen LogP contribution >= 0.6 is 0 Å². The maximum atomic E-state index is 12.2. The van der Waals surface area contributed by atoms with Gasteiger partial charge in [-0.05, 0) is 44.4 Å². The molecule has 2 aromatic rings. The largest absolute Gasteiger partial charge is 0.495 e. The highest BCUT2D eigenvalue weighted by molar-refractivity contribution is 5.99. The lowest BCUT2D eigenvalue weighted by atomic mass is 10.1. The maximum Gasteiger partial charge on any atom is 0.414 e. The molecule has 1 amide bonds. The van der Waals surface area contributed by atoms with E-state index in [2.05, 4.69) is 4.98 Å². The van der Waals surface area contributed by atoms with Gasteiger partial charge >= 0.3 is 6.09 Å².